The minimum absolute atomic E-state index is 0.111. The molecule has 1 heterocycles. The molecule has 0 aliphatic rings. The summed E-state index contributed by atoms with van der Waals surface area (Å²) in [4.78, 5) is 8.84. The molecule has 114 valence electrons. The Bertz CT molecular complexity index is 424. The number of rotatable bonds is 8. The summed E-state index contributed by atoms with van der Waals surface area (Å²) in [6.45, 7) is 8.97. The van der Waals surface area contributed by atoms with Crippen LogP contribution in [0.4, 0.5) is 11.6 Å². The third-order valence-corrected chi connectivity index (χ3v) is 4.11. The van der Waals surface area contributed by atoms with E-state index < -0.39 is 0 Å². The SMILES string of the molecule is CCc1nc(NN)c(C)c(NCC(CC)(CC)CO)n1. The van der Waals surface area contributed by atoms with Gasteiger partial charge in [-0.3, -0.25) is 0 Å². The highest BCUT2D eigenvalue weighted by atomic mass is 16.3. The van der Waals surface area contributed by atoms with Crippen molar-refractivity contribution in [3.63, 3.8) is 0 Å². The van der Waals surface area contributed by atoms with Gasteiger partial charge in [0.25, 0.3) is 0 Å². The molecule has 0 radical (unpaired) electrons. The molecule has 6 heteroatoms. The maximum absolute atomic E-state index is 9.62. The Hall–Kier alpha value is -1.40. The zero-order valence-electron chi connectivity index (χ0n) is 13.0. The molecule has 20 heavy (non-hydrogen) atoms. The van der Waals surface area contributed by atoms with Gasteiger partial charge in [-0.1, -0.05) is 20.8 Å². The van der Waals surface area contributed by atoms with Crippen molar-refractivity contribution >= 4 is 11.6 Å². The zero-order valence-corrected chi connectivity index (χ0v) is 13.0. The van der Waals surface area contributed by atoms with Gasteiger partial charge < -0.3 is 15.8 Å². The molecule has 0 saturated heterocycles. The summed E-state index contributed by atoms with van der Waals surface area (Å²) in [5, 5.41) is 13.0. The fraction of sp³-hybridized carbons (Fsp3) is 0.714. The first-order valence-corrected chi connectivity index (χ1v) is 7.24. The van der Waals surface area contributed by atoms with Crippen molar-refractivity contribution in [2.75, 3.05) is 23.9 Å². The van der Waals surface area contributed by atoms with E-state index in [4.69, 9.17) is 5.84 Å². The second-order valence-corrected chi connectivity index (χ2v) is 5.18. The predicted octanol–water partition coefficient (Wildman–Crippen LogP) is 1.84. The summed E-state index contributed by atoms with van der Waals surface area (Å²) in [6, 6.07) is 0. The summed E-state index contributed by atoms with van der Waals surface area (Å²) in [6.07, 6.45) is 2.58. The minimum atomic E-state index is -0.111. The number of aryl methyl sites for hydroxylation is 1. The molecular formula is C14H27N5O. The molecule has 0 amide bonds. The third kappa shape index (κ3) is 3.58. The molecule has 0 aliphatic carbocycles. The summed E-state index contributed by atoms with van der Waals surface area (Å²) < 4.78 is 0. The zero-order chi connectivity index (χ0) is 15.2. The number of hydrogen-bond donors (Lipinski definition) is 4. The second kappa shape index (κ2) is 7.40. The number of aliphatic hydroxyl groups is 1. The Balaban J connectivity index is 2.97. The van der Waals surface area contributed by atoms with Gasteiger partial charge in [-0.05, 0) is 19.8 Å². The second-order valence-electron chi connectivity index (χ2n) is 5.18. The van der Waals surface area contributed by atoms with E-state index in [0.717, 1.165) is 36.5 Å². The number of aliphatic hydroxyl groups excluding tert-OH is 1. The van der Waals surface area contributed by atoms with Crippen molar-refractivity contribution < 1.29 is 5.11 Å². The van der Waals surface area contributed by atoms with Gasteiger partial charge in [0.05, 0.1) is 6.61 Å². The molecule has 0 fully saturated rings. The molecule has 0 atom stereocenters. The summed E-state index contributed by atoms with van der Waals surface area (Å²) >= 11 is 0. The van der Waals surface area contributed by atoms with Crippen LogP contribution in [0.25, 0.3) is 0 Å². The Labute approximate surface area is 121 Å². The highest BCUT2D eigenvalue weighted by molar-refractivity contribution is 5.56. The van der Waals surface area contributed by atoms with Crippen LogP contribution in [-0.2, 0) is 6.42 Å². The van der Waals surface area contributed by atoms with Gasteiger partial charge in [-0.25, -0.2) is 15.8 Å². The lowest BCUT2D eigenvalue weighted by Gasteiger charge is -2.30. The quantitative estimate of drug-likeness (QED) is 0.429. The monoisotopic (exact) mass is 281 g/mol. The Morgan fingerprint density at radius 1 is 1.15 bits per heavy atom. The van der Waals surface area contributed by atoms with Crippen molar-refractivity contribution in [2.45, 2.75) is 47.0 Å². The number of hydrazine groups is 1. The van der Waals surface area contributed by atoms with Crippen molar-refractivity contribution in [1.29, 1.82) is 0 Å². The molecule has 0 aliphatic heterocycles. The van der Waals surface area contributed by atoms with Crippen molar-refractivity contribution in [3.8, 4) is 0 Å². The molecule has 1 aromatic heterocycles. The molecule has 1 rings (SSSR count). The number of hydrogen-bond acceptors (Lipinski definition) is 6. The van der Waals surface area contributed by atoms with Crippen LogP contribution >= 0.6 is 0 Å². The Kier molecular flexibility index (Phi) is 6.16. The van der Waals surface area contributed by atoms with Crippen LogP contribution in [0, 0.1) is 12.3 Å². The van der Waals surface area contributed by atoms with Crippen LogP contribution in [-0.4, -0.2) is 28.2 Å². The molecule has 0 unspecified atom stereocenters. The standard InChI is InChI=1S/C14H27N5O/c1-5-11-17-12(10(4)13(18-11)19-15)16-8-14(6-2,7-3)9-20/h20H,5-9,15H2,1-4H3,(H2,16,17,18,19). The van der Waals surface area contributed by atoms with Gasteiger partial charge in [-0.2, -0.15) is 0 Å². The average Bonchev–Trinajstić information content (AvgIpc) is 2.50. The Morgan fingerprint density at radius 2 is 1.75 bits per heavy atom. The maximum atomic E-state index is 9.62. The van der Waals surface area contributed by atoms with Crippen LogP contribution < -0.4 is 16.6 Å². The number of nitrogens with two attached hydrogens (primary N) is 1. The van der Waals surface area contributed by atoms with E-state index in [1.54, 1.807) is 0 Å². The maximum Gasteiger partial charge on any atom is 0.148 e. The molecule has 5 N–H and O–H groups in total. The molecule has 0 bridgehead atoms. The lowest BCUT2D eigenvalue weighted by atomic mass is 9.83. The first kappa shape index (κ1) is 16.7. The number of nitrogens with zero attached hydrogens (tertiary/aromatic N) is 2. The van der Waals surface area contributed by atoms with Crippen LogP contribution in [0.15, 0.2) is 0 Å². The predicted molar refractivity (Wildman–Crippen MR) is 82.5 cm³/mol. The van der Waals surface area contributed by atoms with Crippen LogP contribution in [0.2, 0.25) is 0 Å². The first-order valence-electron chi connectivity index (χ1n) is 7.24. The molecule has 0 saturated carbocycles. The summed E-state index contributed by atoms with van der Waals surface area (Å²) in [5.74, 6) is 7.66. The molecule has 6 nitrogen and oxygen atoms in total. The molecule has 1 aromatic rings. The fourth-order valence-corrected chi connectivity index (χ4v) is 2.08. The van der Waals surface area contributed by atoms with Gasteiger partial charge >= 0.3 is 0 Å². The van der Waals surface area contributed by atoms with Crippen molar-refractivity contribution in [2.24, 2.45) is 11.3 Å². The van der Waals surface area contributed by atoms with Gasteiger partial charge in [-0.15, -0.1) is 0 Å². The minimum Gasteiger partial charge on any atom is -0.396 e. The number of aromatic nitrogens is 2. The number of nitrogens with one attached hydrogen (secondary N) is 2. The van der Waals surface area contributed by atoms with Gasteiger partial charge in [0, 0.05) is 23.9 Å². The topological polar surface area (TPSA) is 96.1 Å². The van der Waals surface area contributed by atoms with Gasteiger partial charge in [0.15, 0.2) is 0 Å². The van der Waals surface area contributed by atoms with Gasteiger partial charge in [0.2, 0.25) is 0 Å². The molecule has 0 aromatic carbocycles. The van der Waals surface area contributed by atoms with Crippen molar-refractivity contribution in [1.82, 2.24) is 9.97 Å². The Morgan fingerprint density at radius 3 is 2.20 bits per heavy atom. The first-order chi connectivity index (χ1) is 9.55. The highest BCUT2D eigenvalue weighted by Crippen LogP contribution is 2.27. The van der Waals surface area contributed by atoms with E-state index >= 15 is 0 Å². The molecule has 0 spiro atoms. The summed E-state index contributed by atoms with van der Waals surface area (Å²) in [5.41, 5.74) is 3.39. The number of anilines is 2. The van der Waals surface area contributed by atoms with E-state index in [-0.39, 0.29) is 12.0 Å². The normalized spacial score (nSPS) is 11.5. The summed E-state index contributed by atoms with van der Waals surface area (Å²) in [7, 11) is 0. The average molecular weight is 281 g/mol. The van der Waals surface area contributed by atoms with E-state index in [2.05, 4.69) is 34.6 Å². The lowest BCUT2D eigenvalue weighted by molar-refractivity contribution is 0.127. The number of nitrogen functional groups attached to an aromatic ring is 1. The van der Waals surface area contributed by atoms with E-state index in [1.807, 2.05) is 13.8 Å². The van der Waals surface area contributed by atoms with Gasteiger partial charge in [0.1, 0.15) is 17.5 Å². The van der Waals surface area contributed by atoms with Crippen LogP contribution in [0.3, 0.4) is 0 Å². The fourth-order valence-electron chi connectivity index (χ4n) is 2.08. The largest absolute Gasteiger partial charge is 0.396 e. The van der Waals surface area contributed by atoms with E-state index in [1.165, 1.54) is 0 Å². The highest BCUT2D eigenvalue weighted by Gasteiger charge is 2.25. The van der Waals surface area contributed by atoms with Crippen LogP contribution in [0.5, 0.6) is 0 Å². The lowest BCUT2D eigenvalue weighted by Crippen LogP contribution is -2.33. The van der Waals surface area contributed by atoms with Crippen molar-refractivity contribution in [3.05, 3.63) is 11.4 Å². The van der Waals surface area contributed by atoms with E-state index in [9.17, 15) is 5.11 Å². The van der Waals surface area contributed by atoms with Crippen LogP contribution in [0.1, 0.15) is 45.0 Å². The van der Waals surface area contributed by atoms with E-state index in [0.29, 0.717) is 12.4 Å². The third-order valence-electron chi connectivity index (χ3n) is 4.11. The molecular weight excluding hydrogens is 254 g/mol. The smallest absolute Gasteiger partial charge is 0.148 e.